The molecular formula is C28H28N4O6S. The van der Waals surface area contributed by atoms with E-state index in [-0.39, 0.29) is 22.4 Å². The van der Waals surface area contributed by atoms with Crippen LogP contribution in [0.4, 0.5) is 11.7 Å². The fraction of sp³-hybridized carbons (Fsp3) is 0.250. The molecule has 0 atom stereocenters. The van der Waals surface area contributed by atoms with Crippen LogP contribution in [0.5, 0.6) is 11.5 Å². The molecule has 11 heteroatoms. The van der Waals surface area contributed by atoms with Crippen molar-refractivity contribution in [3.05, 3.63) is 77.9 Å². The van der Waals surface area contributed by atoms with Crippen molar-refractivity contribution in [2.24, 2.45) is 0 Å². The number of carbonyl (C=O) groups excluding carboxylic acids is 1. The summed E-state index contributed by atoms with van der Waals surface area (Å²) < 4.78 is 45.0. The number of carbonyl (C=O) groups is 1. The largest absolute Gasteiger partial charge is 0.490 e. The van der Waals surface area contributed by atoms with Gasteiger partial charge in [-0.25, -0.2) is 8.42 Å². The number of rotatable bonds is 9. The highest BCUT2D eigenvalue weighted by Gasteiger charge is 2.29. The maximum absolute atomic E-state index is 13.4. The highest BCUT2D eigenvalue weighted by molar-refractivity contribution is 7.92. The summed E-state index contributed by atoms with van der Waals surface area (Å²) in [5.41, 5.74) is 2.54. The number of nitrogens with zero attached hydrogens (tertiary/aromatic N) is 3. The molecule has 0 aliphatic carbocycles. The number of benzene rings is 3. The molecule has 0 unspecified atom stereocenters. The van der Waals surface area contributed by atoms with Gasteiger partial charge in [0.1, 0.15) is 0 Å². The average Bonchev–Trinajstić information content (AvgIpc) is 3.42. The number of sulfonamides is 1. The van der Waals surface area contributed by atoms with Gasteiger partial charge in [0.2, 0.25) is 5.89 Å². The summed E-state index contributed by atoms with van der Waals surface area (Å²) in [6.45, 7) is 5.12. The first-order chi connectivity index (χ1) is 18.9. The molecule has 202 valence electrons. The van der Waals surface area contributed by atoms with Crippen molar-refractivity contribution in [1.29, 1.82) is 0 Å². The van der Waals surface area contributed by atoms with Crippen LogP contribution in [0.3, 0.4) is 0 Å². The van der Waals surface area contributed by atoms with Gasteiger partial charge in [0, 0.05) is 17.7 Å². The van der Waals surface area contributed by atoms with Crippen molar-refractivity contribution in [2.45, 2.75) is 31.6 Å². The number of aromatic nitrogens is 2. The van der Waals surface area contributed by atoms with Crippen molar-refractivity contribution < 1.29 is 27.1 Å². The minimum absolute atomic E-state index is 0.0940. The van der Waals surface area contributed by atoms with E-state index in [1.165, 1.54) is 28.6 Å². The summed E-state index contributed by atoms with van der Waals surface area (Å²) >= 11 is 0. The summed E-state index contributed by atoms with van der Waals surface area (Å²) in [4.78, 5) is 12.9. The summed E-state index contributed by atoms with van der Waals surface area (Å²) in [6.07, 6.45) is 1.58. The Morgan fingerprint density at radius 1 is 0.974 bits per heavy atom. The Morgan fingerprint density at radius 2 is 1.72 bits per heavy atom. The Kier molecular flexibility index (Phi) is 7.51. The molecule has 0 saturated carbocycles. The fourth-order valence-corrected chi connectivity index (χ4v) is 5.94. The van der Waals surface area contributed by atoms with Crippen LogP contribution < -0.4 is 19.1 Å². The van der Waals surface area contributed by atoms with Crippen molar-refractivity contribution >= 4 is 27.6 Å². The zero-order valence-corrected chi connectivity index (χ0v) is 22.4. The van der Waals surface area contributed by atoms with Gasteiger partial charge in [-0.3, -0.25) is 14.4 Å². The number of para-hydroxylation sites is 1. The van der Waals surface area contributed by atoms with E-state index in [0.29, 0.717) is 42.5 Å². The summed E-state index contributed by atoms with van der Waals surface area (Å²) in [5, 5.41) is 10.5. The molecule has 4 aromatic rings. The molecule has 1 aromatic heterocycles. The number of ether oxygens (including phenoxy) is 2. The van der Waals surface area contributed by atoms with Crippen molar-refractivity contribution in [2.75, 3.05) is 29.4 Å². The molecule has 5 rings (SSSR count). The maximum Gasteiger partial charge on any atom is 0.322 e. The standard InChI is InChI=1S/C28H28N4O6S/c1-3-36-24-16-13-21(18-25(24)37-4-2)27-30-31-28(38-27)29-26(33)20-11-14-22(15-12-20)39(34,35)32-17-7-9-19-8-5-6-10-23(19)32/h5-6,8,10-16,18H,3-4,7,9,17H2,1-2H3,(H,29,31,33). The highest BCUT2D eigenvalue weighted by atomic mass is 32.2. The fourth-order valence-electron chi connectivity index (χ4n) is 4.40. The lowest BCUT2D eigenvalue weighted by molar-refractivity contribution is 0.102. The van der Waals surface area contributed by atoms with Crippen LogP contribution in [-0.4, -0.2) is 44.3 Å². The van der Waals surface area contributed by atoms with Gasteiger partial charge in [-0.2, -0.15) is 0 Å². The molecule has 10 nitrogen and oxygen atoms in total. The predicted octanol–water partition coefficient (Wildman–Crippen LogP) is 4.93. The van der Waals surface area contributed by atoms with Gasteiger partial charge < -0.3 is 13.9 Å². The number of hydrogen-bond acceptors (Lipinski definition) is 8. The quantitative estimate of drug-likeness (QED) is 0.312. The van der Waals surface area contributed by atoms with Crippen LogP contribution in [-0.2, 0) is 16.4 Å². The van der Waals surface area contributed by atoms with Gasteiger partial charge in [0.05, 0.1) is 23.8 Å². The molecule has 1 aliphatic heterocycles. The Balaban J connectivity index is 1.30. The van der Waals surface area contributed by atoms with Crippen LogP contribution in [0, 0.1) is 0 Å². The molecule has 0 saturated heterocycles. The zero-order valence-electron chi connectivity index (χ0n) is 21.6. The minimum Gasteiger partial charge on any atom is -0.490 e. The lowest BCUT2D eigenvalue weighted by Crippen LogP contribution is -2.35. The number of fused-ring (bicyclic) bond motifs is 1. The number of amides is 1. The van der Waals surface area contributed by atoms with E-state index in [0.717, 1.165) is 18.4 Å². The predicted molar refractivity (Wildman–Crippen MR) is 146 cm³/mol. The summed E-state index contributed by atoms with van der Waals surface area (Å²) in [5.74, 6) is 0.825. The molecule has 0 bridgehead atoms. The van der Waals surface area contributed by atoms with Gasteiger partial charge in [0.15, 0.2) is 11.5 Å². The number of aryl methyl sites for hydroxylation is 1. The Labute approximate surface area is 226 Å². The third-order valence-electron chi connectivity index (χ3n) is 6.21. The average molecular weight is 549 g/mol. The first-order valence-electron chi connectivity index (χ1n) is 12.7. The normalized spacial score (nSPS) is 13.0. The molecule has 0 radical (unpaired) electrons. The van der Waals surface area contributed by atoms with E-state index in [1.807, 2.05) is 38.1 Å². The van der Waals surface area contributed by atoms with Gasteiger partial charge in [-0.1, -0.05) is 23.3 Å². The van der Waals surface area contributed by atoms with E-state index in [4.69, 9.17) is 13.9 Å². The van der Waals surface area contributed by atoms with Crippen LogP contribution >= 0.6 is 0 Å². The number of nitrogens with one attached hydrogen (secondary N) is 1. The summed E-state index contributed by atoms with van der Waals surface area (Å²) in [6, 6.07) is 18.4. The van der Waals surface area contributed by atoms with Gasteiger partial charge >= 0.3 is 6.01 Å². The van der Waals surface area contributed by atoms with E-state index in [1.54, 1.807) is 18.2 Å². The summed E-state index contributed by atoms with van der Waals surface area (Å²) in [7, 11) is -3.78. The Hall–Kier alpha value is -4.38. The van der Waals surface area contributed by atoms with E-state index in [2.05, 4.69) is 15.5 Å². The van der Waals surface area contributed by atoms with Crippen molar-refractivity contribution in [1.82, 2.24) is 10.2 Å². The number of anilines is 2. The Morgan fingerprint density at radius 3 is 2.49 bits per heavy atom. The third kappa shape index (κ3) is 5.44. The second kappa shape index (κ2) is 11.2. The molecule has 1 amide bonds. The molecule has 3 aromatic carbocycles. The minimum atomic E-state index is -3.78. The van der Waals surface area contributed by atoms with Crippen molar-refractivity contribution in [3.8, 4) is 23.0 Å². The second-order valence-electron chi connectivity index (χ2n) is 8.73. The molecule has 1 N–H and O–H groups in total. The Bertz CT molecular complexity index is 1580. The van der Waals surface area contributed by atoms with Gasteiger partial charge in [-0.05, 0) is 80.8 Å². The molecule has 1 aliphatic rings. The molecular weight excluding hydrogens is 520 g/mol. The lowest BCUT2D eigenvalue weighted by Gasteiger charge is -2.30. The first-order valence-corrected chi connectivity index (χ1v) is 14.1. The van der Waals surface area contributed by atoms with Gasteiger partial charge in [0.25, 0.3) is 15.9 Å². The second-order valence-corrected chi connectivity index (χ2v) is 10.6. The monoisotopic (exact) mass is 548 g/mol. The SMILES string of the molecule is CCOc1ccc(-c2nnc(NC(=O)c3ccc(S(=O)(=O)N4CCCc5ccccc54)cc3)o2)cc1OCC. The lowest BCUT2D eigenvalue weighted by atomic mass is 10.0. The van der Waals surface area contributed by atoms with E-state index >= 15 is 0 Å². The molecule has 2 heterocycles. The third-order valence-corrected chi connectivity index (χ3v) is 8.04. The first kappa shape index (κ1) is 26.2. The van der Waals surface area contributed by atoms with Crippen LogP contribution in [0.1, 0.15) is 36.2 Å². The van der Waals surface area contributed by atoms with Crippen LogP contribution in [0.15, 0.2) is 76.0 Å². The smallest absolute Gasteiger partial charge is 0.322 e. The van der Waals surface area contributed by atoms with Gasteiger partial charge in [-0.15, -0.1) is 5.10 Å². The molecule has 0 spiro atoms. The zero-order chi connectivity index (χ0) is 27.4. The molecule has 39 heavy (non-hydrogen) atoms. The highest BCUT2D eigenvalue weighted by Crippen LogP contribution is 2.34. The topological polar surface area (TPSA) is 124 Å². The van der Waals surface area contributed by atoms with E-state index < -0.39 is 15.9 Å². The van der Waals surface area contributed by atoms with Crippen molar-refractivity contribution in [3.63, 3.8) is 0 Å². The number of hydrogen-bond donors (Lipinski definition) is 1. The van der Waals surface area contributed by atoms with Crippen LogP contribution in [0.25, 0.3) is 11.5 Å². The molecule has 0 fully saturated rings. The van der Waals surface area contributed by atoms with Crippen LogP contribution in [0.2, 0.25) is 0 Å². The maximum atomic E-state index is 13.4. The van der Waals surface area contributed by atoms with E-state index in [9.17, 15) is 13.2 Å².